The Morgan fingerprint density at radius 3 is 2.56 bits per heavy atom. The third kappa shape index (κ3) is 5.64. The van der Waals surface area contributed by atoms with Crippen molar-refractivity contribution >= 4 is 17.6 Å². The van der Waals surface area contributed by atoms with E-state index in [2.05, 4.69) is 15.6 Å². The van der Waals surface area contributed by atoms with Gasteiger partial charge in [-0.05, 0) is 49.4 Å². The Labute approximate surface area is 152 Å². The minimum atomic E-state index is -0.135. The van der Waals surface area contributed by atoms with Gasteiger partial charge >= 0.3 is 6.03 Å². The van der Waals surface area contributed by atoms with Gasteiger partial charge in [0.15, 0.2) is 0 Å². The van der Waals surface area contributed by atoms with E-state index in [4.69, 9.17) is 16.3 Å². The summed E-state index contributed by atoms with van der Waals surface area (Å²) in [4.78, 5) is 16.2. The number of nitrogens with one attached hydrogen (secondary N) is 2. The predicted octanol–water partition coefficient (Wildman–Crippen LogP) is 3.92. The second kappa shape index (κ2) is 8.72. The van der Waals surface area contributed by atoms with Crippen LogP contribution in [-0.2, 0) is 6.54 Å². The molecule has 1 aromatic carbocycles. The van der Waals surface area contributed by atoms with Gasteiger partial charge < -0.3 is 15.4 Å². The van der Waals surface area contributed by atoms with Crippen molar-refractivity contribution in [2.45, 2.75) is 44.4 Å². The van der Waals surface area contributed by atoms with E-state index in [9.17, 15) is 4.79 Å². The van der Waals surface area contributed by atoms with Crippen LogP contribution in [0.25, 0.3) is 0 Å². The zero-order valence-corrected chi connectivity index (χ0v) is 14.7. The molecule has 0 aliphatic heterocycles. The Morgan fingerprint density at radius 2 is 1.88 bits per heavy atom. The molecule has 2 aromatic rings. The summed E-state index contributed by atoms with van der Waals surface area (Å²) in [5, 5.41) is 6.61. The SMILES string of the molecule is O=C(NCc1ccc(Cl)cc1)NC1CCC(Oc2ccccn2)CC1. The van der Waals surface area contributed by atoms with E-state index in [1.165, 1.54) is 0 Å². The normalized spacial score (nSPS) is 19.9. The maximum absolute atomic E-state index is 12.0. The Morgan fingerprint density at radius 1 is 1.12 bits per heavy atom. The highest BCUT2D eigenvalue weighted by molar-refractivity contribution is 6.30. The molecule has 1 aliphatic carbocycles. The van der Waals surface area contributed by atoms with E-state index in [-0.39, 0.29) is 18.2 Å². The molecule has 0 atom stereocenters. The Bertz CT molecular complexity index is 671. The smallest absolute Gasteiger partial charge is 0.315 e. The van der Waals surface area contributed by atoms with E-state index < -0.39 is 0 Å². The number of amides is 2. The Kier molecular flexibility index (Phi) is 6.12. The lowest BCUT2D eigenvalue weighted by Crippen LogP contribution is -2.44. The first kappa shape index (κ1) is 17.5. The third-order valence-corrected chi connectivity index (χ3v) is 4.55. The highest BCUT2D eigenvalue weighted by Gasteiger charge is 2.23. The molecule has 0 saturated heterocycles. The second-order valence-electron chi connectivity index (χ2n) is 6.21. The lowest BCUT2D eigenvalue weighted by Gasteiger charge is -2.29. The molecular formula is C19H22ClN3O2. The maximum Gasteiger partial charge on any atom is 0.315 e. The van der Waals surface area contributed by atoms with E-state index in [1.807, 2.05) is 42.5 Å². The molecule has 1 aromatic heterocycles. The number of hydrogen-bond acceptors (Lipinski definition) is 3. The van der Waals surface area contributed by atoms with Crippen molar-refractivity contribution in [3.63, 3.8) is 0 Å². The molecule has 1 saturated carbocycles. The standard InChI is InChI=1S/C19H22ClN3O2/c20-15-6-4-14(5-7-15)13-22-19(24)23-16-8-10-17(11-9-16)25-18-3-1-2-12-21-18/h1-7,12,16-17H,8-11,13H2,(H2,22,23,24). The van der Waals surface area contributed by atoms with Crippen molar-refractivity contribution < 1.29 is 9.53 Å². The van der Waals surface area contributed by atoms with Gasteiger partial charge in [0.25, 0.3) is 0 Å². The molecule has 0 spiro atoms. The zero-order chi connectivity index (χ0) is 17.5. The van der Waals surface area contributed by atoms with Crippen molar-refractivity contribution in [2.24, 2.45) is 0 Å². The average molecular weight is 360 g/mol. The number of aromatic nitrogens is 1. The van der Waals surface area contributed by atoms with Gasteiger partial charge in [0, 0.05) is 29.9 Å². The summed E-state index contributed by atoms with van der Waals surface area (Å²) in [5.74, 6) is 0.666. The van der Waals surface area contributed by atoms with Gasteiger partial charge in [-0.15, -0.1) is 0 Å². The number of hydrogen-bond donors (Lipinski definition) is 2. The molecule has 6 heteroatoms. The van der Waals surface area contributed by atoms with Crippen LogP contribution in [0.3, 0.4) is 0 Å². The quantitative estimate of drug-likeness (QED) is 0.850. The maximum atomic E-state index is 12.0. The van der Waals surface area contributed by atoms with Crippen LogP contribution >= 0.6 is 11.6 Å². The van der Waals surface area contributed by atoms with Crippen molar-refractivity contribution in [2.75, 3.05) is 0 Å². The minimum absolute atomic E-state index is 0.135. The summed E-state index contributed by atoms with van der Waals surface area (Å²) < 4.78 is 5.87. The van der Waals surface area contributed by atoms with Gasteiger partial charge in [0.05, 0.1) is 0 Å². The van der Waals surface area contributed by atoms with Crippen LogP contribution in [0.4, 0.5) is 4.79 Å². The molecule has 2 N–H and O–H groups in total. The highest BCUT2D eigenvalue weighted by atomic mass is 35.5. The first-order valence-corrected chi connectivity index (χ1v) is 8.93. The number of benzene rings is 1. The molecule has 2 amide bonds. The highest BCUT2D eigenvalue weighted by Crippen LogP contribution is 2.22. The van der Waals surface area contributed by atoms with Gasteiger partial charge in [-0.3, -0.25) is 0 Å². The van der Waals surface area contributed by atoms with Gasteiger partial charge in [-0.1, -0.05) is 29.8 Å². The molecule has 1 fully saturated rings. The first-order chi connectivity index (χ1) is 12.2. The van der Waals surface area contributed by atoms with Crippen molar-refractivity contribution in [1.82, 2.24) is 15.6 Å². The summed E-state index contributed by atoms with van der Waals surface area (Å²) in [7, 11) is 0. The van der Waals surface area contributed by atoms with Crippen LogP contribution in [0.1, 0.15) is 31.2 Å². The molecule has 1 heterocycles. The number of carbonyl (C=O) groups excluding carboxylic acids is 1. The first-order valence-electron chi connectivity index (χ1n) is 8.55. The van der Waals surface area contributed by atoms with Crippen molar-refractivity contribution in [3.8, 4) is 5.88 Å². The Balaban J connectivity index is 1.36. The fourth-order valence-corrected chi connectivity index (χ4v) is 3.06. The number of urea groups is 1. The van der Waals surface area contributed by atoms with E-state index in [0.717, 1.165) is 31.2 Å². The van der Waals surface area contributed by atoms with Gasteiger partial charge in [0.1, 0.15) is 6.10 Å². The predicted molar refractivity (Wildman–Crippen MR) is 97.7 cm³/mol. The van der Waals surface area contributed by atoms with Crippen LogP contribution < -0.4 is 15.4 Å². The number of ether oxygens (including phenoxy) is 1. The topological polar surface area (TPSA) is 63.2 Å². The molecule has 0 bridgehead atoms. The van der Waals surface area contributed by atoms with Crippen LogP contribution in [0.5, 0.6) is 5.88 Å². The van der Waals surface area contributed by atoms with Crippen molar-refractivity contribution in [3.05, 3.63) is 59.2 Å². The molecule has 0 radical (unpaired) electrons. The van der Waals surface area contributed by atoms with Crippen LogP contribution in [-0.4, -0.2) is 23.2 Å². The van der Waals surface area contributed by atoms with Crippen LogP contribution in [0.2, 0.25) is 5.02 Å². The summed E-state index contributed by atoms with van der Waals surface area (Å²) in [5.41, 5.74) is 1.02. The number of carbonyl (C=O) groups is 1. The van der Waals surface area contributed by atoms with Gasteiger partial charge in [0.2, 0.25) is 5.88 Å². The number of halogens is 1. The fourth-order valence-electron chi connectivity index (χ4n) is 2.93. The second-order valence-corrected chi connectivity index (χ2v) is 6.65. The molecule has 5 nitrogen and oxygen atoms in total. The Hall–Kier alpha value is -2.27. The largest absolute Gasteiger partial charge is 0.474 e. The van der Waals surface area contributed by atoms with Crippen molar-refractivity contribution in [1.29, 1.82) is 0 Å². The van der Waals surface area contributed by atoms with Gasteiger partial charge in [-0.2, -0.15) is 0 Å². The lowest BCUT2D eigenvalue weighted by molar-refractivity contribution is 0.135. The van der Waals surface area contributed by atoms with Crippen LogP contribution in [0.15, 0.2) is 48.7 Å². The number of nitrogens with zero attached hydrogens (tertiary/aromatic N) is 1. The van der Waals surface area contributed by atoms with E-state index >= 15 is 0 Å². The molecule has 25 heavy (non-hydrogen) atoms. The average Bonchev–Trinajstić information content (AvgIpc) is 2.64. The summed E-state index contributed by atoms with van der Waals surface area (Å²) in [6.07, 6.45) is 5.55. The summed E-state index contributed by atoms with van der Waals surface area (Å²) in [6, 6.07) is 13.2. The fraction of sp³-hybridized carbons (Fsp3) is 0.368. The molecular weight excluding hydrogens is 338 g/mol. The summed E-state index contributed by atoms with van der Waals surface area (Å²) >= 11 is 5.85. The number of pyridine rings is 1. The molecule has 3 rings (SSSR count). The molecule has 132 valence electrons. The number of rotatable bonds is 5. The molecule has 1 aliphatic rings. The van der Waals surface area contributed by atoms with Gasteiger partial charge in [-0.25, -0.2) is 9.78 Å². The minimum Gasteiger partial charge on any atom is -0.474 e. The van der Waals surface area contributed by atoms with Crippen LogP contribution in [0, 0.1) is 0 Å². The van der Waals surface area contributed by atoms with E-state index in [1.54, 1.807) is 6.20 Å². The van der Waals surface area contributed by atoms with E-state index in [0.29, 0.717) is 17.4 Å². The monoisotopic (exact) mass is 359 g/mol. The zero-order valence-electron chi connectivity index (χ0n) is 14.0. The lowest BCUT2D eigenvalue weighted by atomic mass is 9.93. The third-order valence-electron chi connectivity index (χ3n) is 4.30. The summed E-state index contributed by atoms with van der Waals surface area (Å²) in [6.45, 7) is 0.487. The molecule has 0 unspecified atom stereocenters.